The second kappa shape index (κ2) is 5.27. The fourth-order valence-electron chi connectivity index (χ4n) is 2.00. The third kappa shape index (κ3) is 3.03. The summed E-state index contributed by atoms with van der Waals surface area (Å²) < 4.78 is 18.4. The van der Waals surface area contributed by atoms with E-state index in [0.717, 1.165) is 5.69 Å². The van der Waals surface area contributed by atoms with Crippen molar-refractivity contribution in [3.05, 3.63) is 30.1 Å². The lowest BCUT2D eigenvalue weighted by Gasteiger charge is -2.27. The molecule has 1 fully saturated rings. The summed E-state index contributed by atoms with van der Waals surface area (Å²) in [6, 6.07) is 6.37. The van der Waals surface area contributed by atoms with Crippen LogP contribution in [0.5, 0.6) is 0 Å². The summed E-state index contributed by atoms with van der Waals surface area (Å²) in [6.45, 7) is 1.57. The smallest absolute Gasteiger partial charge is 0.142 e. The molecule has 0 N–H and O–H groups in total. The number of ether oxygens (including phenoxy) is 1. The second-order valence-corrected chi connectivity index (χ2v) is 4.35. The Bertz CT molecular complexity index is 408. The van der Waals surface area contributed by atoms with Crippen molar-refractivity contribution in [1.29, 1.82) is 0 Å². The van der Waals surface area contributed by atoms with E-state index in [0.29, 0.717) is 26.2 Å². The van der Waals surface area contributed by atoms with E-state index in [1.807, 2.05) is 18.0 Å². The summed E-state index contributed by atoms with van der Waals surface area (Å²) in [4.78, 5) is 13.5. The van der Waals surface area contributed by atoms with E-state index in [-0.39, 0.29) is 17.5 Å². The molecule has 0 aliphatic carbocycles. The zero-order valence-electron chi connectivity index (χ0n) is 9.86. The molecule has 1 atom stereocenters. The average Bonchev–Trinajstić information content (AvgIpc) is 2.32. The van der Waals surface area contributed by atoms with Gasteiger partial charge in [0.25, 0.3) is 0 Å². The summed E-state index contributed by atoms with van der Waals surface area (Å²) >= 11 is 0. The largest absolute Gasteiger partial charge is 0.380 e. The molecule has 17 heavy (non-hydrogen) atoms. The van der Waals surface area contributed by atoms with Gasteiger partial charge in [-0.2, -0.15) is 0 Å². The van der Waals surface area contributed by atoms with E-state index in [1.54, 1.807) is 6.07 Å². The molecule has 1 aromatic carbocycles. The Hall–Kier alpha value is -1.42. The first kappa shape index (κ1) is 12.0. The summed E-state index contributed by atoms with van der Waals surface area (Å²) in [5.41, 5.74) is 0.781. The van der Waals surface area contributed by atoms with Crippen LogP contribution in [0.2, 0.25) is 0 Å². The van der Waals surface area contributed by atoms with Gasteiger partial charge in [-0.05, 0) is 18.2 Å². The average molecular weight is 237 g/mol. The van der Waals surface area contributed by atoms with Gasteiger partial charge in [0.05, 0.1) is 19.1 Å². The van der Waals surface area contributed by atoms with Gasteiger partial charge < -0.3 is 9.64 Å². The van der Waals surface area contributed by atoms with Crippen LogP contribution in [0.15, 0.2) is 24.3 Å². The minimum absolute atomic E-state index is 0.1000. The first-order chi connectivity index (χ1) is 8.16. The minimum atomic E-state index is -0.263. The highest BCUT2D eigenvalue weighted by atomic mass is 19.1. The molecule has 0 saturated carbocycles. The Balaban J connectivity index is 2.00. The SMILES string of the molecule is CN(CC1COCCC1=O)c1cccc(F)c1. The molecule has 3 nitrogen and oxygen atoms in total. The van der Waals surface area contributed by atoms with Crippen molar-refractivity contribution in [3.8, 4) is 0 Å². The quantitative estimate of drug-likeness (QED) is 0.803. The van der Waals surface area contributed by atoms with Crippen LogP contribution >= 0.6 is 0 Å². The number of benzene rings is 1. The normalized spacial score (nSPS) is 20.4. The van der Waals surface area contributed by atoms with Crippen LogP contribution in [-0.2, 0) is 9.53 Å². The number of anilines is 1. The Morgan fingerprint density at radius 2 is 2.35 bits per heavy atom. The molecule has 0 bridgehead atoms. The molecule has 0 radical (unpaired) electrons. The van der Waals surface area contributed by atoms with E-state index in [4.69, 9.17) is 4.74 Å². The van der Waals surface area contributed by atoms with E-state index in [2.05, 4.69) is 0 Å². The number of halogens is 1. The molecule has 1 aliphatic heterocycles. The van der Waals surface area contributed by atoms with Crippen molar-refractivity contribution in [3.63, 3.8) is 0 Å². The number of ketones is 1. The number of Topliss-reactive ketones (excluding diaryl/α,β-unsaturated/α-hetero) is 1. The van der Waals surface area contributed by atoms with Crippen LogP contribution in [0.1, 0.15) is 6.42 Å². The number of nitrogens with zero attached hydrogens (tertiary/aromatic N) is 1. The van der Waals surface area contributed by atoms with Crippen molar-refractivity contribution in [2.75, 3.05) is 31.7 Å². The minimum Gasteiger partial charge on any atom is -0.380 e. The molecular formula is C13H16FNO2. The van der Waals surface area contributed by atoms with Crippen molar-refractivity contribution in [2.24, 2.45) is 5.92 Å². The highest BCUT2D eigenvalue weighted by Gasteiger charge is 2.24. The fourth-order valence-corrected chi connectivity index (χ4v) is 2.00. The molecule has 1 heterocycles. The summed E-state index contributed by atoms with van der Waals surface area (Å²) in [5.74, 6) is -0.128. The molecule has 2 rings (SSSR count). The number of carbonyl (C=O) groups excluding carboxylic acids is 1. The third-order valence-electron chi connectivity index (χ3n) is 3.01. The highest BCUT2D eigenvalue weighted by Crippen LogP contribution is 2.17. The molecule has 92 valence electrons. The number of hydrogen-bond donors (Lipinski definition) is 0. The maximum absolute atomic E-state index is 13.1. The number of hydrogen-bond acceptors (Lipinski definition) is 3. The zero-order valence-corrected chi connectivity index (χ0v) is 9.86. The zero-order chi connectivity index (χ0) is 12.3. The molecule has 1 saturated heterocycles. The van der Waals surface area contributed by atoms with Gasteiger partial charge in [0.1, 0.15) is 11.6 Å². The van der Waals surface area contributed by atoms with Crippen molar-refractivity contribution < 1.29 is 13.9 Å². The Labute approximate surface area is 100 Å². The second-order valence-electron chi connectivity index (χ2n) is 4.35. The van der Waals surface area contributed by atoms with Gasteiger partial charge in [-0.1, -0.05) is 6.07 Å². The predicted octanol–water partition coefficient (Wildman–Crippen LogP) is 1.87. The van der Waals surface area contributed by atoms with Crippen LogP contribution in [0, 0.1) is 11.7 Å². The van der Waals surface area contributed by atoms with Gasteiger partial charge in [0, 0.05) is 25.7 Å². The monoisotopic (exact) mass is 237 g/mol. The van der Waals surface area contributed by atoms with E-state index < -0.39 is 0 Å². The number of carbonyl (C=O) groups is 1. The van der Waals surface area contributed by atoms with Crippen LogP contribution < -0.4 is 4.90 Å². The van der Waals surface area contributed by atoms with Crippen LogP contribution in [0.4, 0.5) is 10.1 Å². The standard InChI is InChI=1S/C13H16FNO2/c1-15(12-4-2-3-11(14)7-12)8-10-9-17-6-5-13(10)16/h2-4,7,10H,5-6,8-9H2,1H3. The molecule has 4 heteroatoms. The van der Waals surface area contributed by atoms with Gasteiger partial charge in [-0.15, -0.1) is 0 Å². The maximum Gasteiger partial charge on any atom is 0.142 e. The molecule has 0 spiro atoms. The number of rotatable bonds is 3. The first-order valence-corrected chi connectivity index (χ1v) is 5.74. The Morgan fingerprint density at radius 3 is 3.06 bits per heavy atom. The lowest BCUT2D eigenvalue weighted by Crippen LogP contribution is -2.36. The third-order valence-corrected chi connectivity index (χ3v) is 3.01. The fraction of sp³-hybridized carbons (Fsp3) is 0.462. The molecule has 0 aromatic heterocycles. The molecule has 1 aromatic rings. The molecule has 1 unspecified atom stereocenters. The summed E-state index contributed by atoms with van der Waals surface area (Å²) in [7, 11) is 1.86. The highest BCUT2D eigenvalue weighted by molar-refractivity contribution is 5.82. The lowest BCUT2D eigenvalue weighted by atomic mass is 10.00. The Morgan fingerprint density at radius 1 is 1.53 bits per heavy atom. The summed E-state index contributed by atoms with van der Waals surface area (Å²) in [6.07, 6.45) is 0.488. The van der Waals surface area contributed by atoms with Crippen LogP contribution in [-0.4, -0.2) is 32.6 Å². The van der Waals surface area contributed by atoms with Crippen molar-refractivity contribution in [2.45, 2.75) is 6.42 Å². The van der Waals surface area contributed by atoms with Gasteiger partial charge in [0.2, 0.25) is 0 Å². The molecule has 0 amide bonds. The maximum atomic E-state index is 13.1. The van der Waals surface area contributed by atoms with Crippen molar-refractivity contribution >= 4 is 11.5 Å². The van der Waals surface area contributed by atoms with Gasteiger partial charge in [-0.25, -0.2) is 4.39 Å². The van der Waals surface area contributed by atoms with Gasteiger partial charge in [-0.3, -0.25) is 4.79 Å². The van der Waals surface area contributed by atoms with E-state index in [1.165, 1.54) is 12.1 Å². The lowest BCUT2D eigenvalue weighted by molar-refractivity contribution is -0.129. The van der Waals surface area contributed by atoms with E-state index >= 15 is 0 Å². The van der Waals surface area contributed by atoms with Gasteiger partial charge in [0.15, 0.2) is 0 Å². The summed E-state index contributed by atoms with van der Waals surface area (Å²) in [5, 5.41) is 0. The van der Waals surface area contributed by atoms with Crippen LogP contribution in [0.25, 0.3) is 0 Å². The van der Waals surface area contributed by atoms with Crippen LogP contribution in [0.3, 0.4) is 0 Å². The molecular weight excluding hydrogens is 221 g/mol. The van der Waals surface area contributed by atoms with Gasteiger partial charge >= 0.3 is 0 Å². The topological polar surface area (TPSA) is 29.5 Å². The Kier molecular flexibility index (Phi) is 3.74. The molecule has 1 aliphatic rings. The van der Waals surface area contributed by atoms with E-state index in [9.17, 15) is 9.18 Å². The van der Waals surface area contributed by atoms with Crippen molar-refractivity contribution in [1.82, 2.24) is 0 Å². The first-order valence-electron chi connectivity index (χ1n) is 5.74. The predicted molar refractivity (Wildman–Crippen MR) is 63.6 cm³/mol.